The highest BCUT2D eigenvalue weighted by atomic mass is 79.9. The van der Waals surface area contributed by atoms with Gasteiger partial charge in [-0.2, -0.15) is 0 Å². The van der Waals surface area contributed by atoms with Crippen molar-refractivity contribution in [2.24, 2.45) is 0 Å². The Bertz CT molecular complexity index is 6980. The summed E-state index contributed by atoms with van der Waals surface area (Å²) in [5.41, 5.74) is 2.90. The van der Waals surface area contributed by atoms with Crippen LogP contribution in [0.5, 0.6) is 0 Å². The van der Waals surface area contributed by atoms with Gasteiger partial charge >= 0.3 is 7.12 Å². The van der Waals surface area contributed by atoms with Gasteiger partial charge in [0.15, 0.2) is 14.3 Å². The van der Waals surface area contributed by atoms with Crippen molar-refractivity contribution in [3.8, 4) is 11.1 Å². The summed E-state index contributed by atoms with van der Waals surface area (Å²) in [5.74, 6) is 0. The van der Waals surface area contributed by atoms with Crippen LogP contribution in [0.3, 0.4) is 0 Å². The first-order chi connectivity index (χ1) is 57.0. The van der Waals surface area contributed by atoms with E-state index >= 15 is 0 Å². The molecule has 1 heterocycles. The Morgan fingerprint density at radius 3 is 0.763 bits per heavy atom. The van der Waals surface area contributed by atoms with Crippen molar-refractivity contribution in [2.45, 2.75) is 27.7 Å². The molecule has 0 aliphatic carbocycles. The molecule has 0 atom stereocenters. The molecule has 0 spiro atoms. The average molecular weight is 1700 g/mol. The number of rotatable bonds is 8. The second-order valence-corrected chi connectivity index (χ2v) is 36.5. The van der Waals surface area contributed by atoms with Gasteiger partial charge in [0, 0.05) is 54.0 Å². The molecule has 5 nitrogen and oxygen atoms in total. The molecule has 0 aromatic heterocycles. The van der Waals surface area contributed by atoms with E-state index in [9.17, 15) is 19.2 Å². The van der Waals surface area contributed by atoms with Crippen LogP contribution in [0.25, 0.3) is 140 Å². The Morgan fingerprint density at radius 2 is 0.483 bits per heavy atom. The first-order valence-corrected chi connectivity index (χ1v) is 44.2. The second-order valence-electron chi connectivity index (χ2n) is 29.3. The van der Waals surface area contributed by atoms with Crippen molar-refractivity contribution in [3.05, 3.63) is 415 Å². The molecule has 1 aliphatic heterocycles. The SMILES string of the molecule is Brc1c2ccc3ccccc3c2cc2c1ccc1ccccc12.C.C.C1CCOC1.O=P(c1ccccc1)(c1ccccc1)c1ccc(-c2c3ccc4ccccc4c3cc3c2ccc2ccccc23)cc1.O=P(c1ccccc1)(c1ccccc1)c1ccc(Br)cc1.OB(O)c1c2ccc3ccccc3c2cc2c1ccc1ccccc12. The van der Waals surface area contributed by atoms with Gasteiger partial charge in [-0.05, 0) is 217 Å². The van der Waals surface area contributed by atoms with Crippen molar-refractivity contribution >= 4 is 220 Å². The molecule has 1 saturated heterocycles. The lowest BCUT2D eigenvalue weighted by molar-refractivity contribution is 0.198. The molecule has 21 aromatic carbocycles. The minimum absolute atomic E-state index is 0. The largest absolute Gasteiger partial charge is 0.489 e. The van der Waals surface area contributed by atoms with E-state index < -0.39 is 21.4 Å². The summed E-state index contributed by atoms with van der Waals surface area (Å²) < 4.78 is 36.0. The van der Waals surface area contributed by atoms with Gasteiger partial charge in [0.2, 0.25) is 0 Å². The molecule has 10 heteroatoms. The lowest BCUT2D eigenvalue weighted by Gasteiger charge is -2.21. The summed E-state index contributed by atoms with van der Waals surface area (Å²) >= 11 is 7.29. The van der Waals surface area contributed by atoms with E-state index in [2.05, 4.69) is 244 Å². The van der Waals surface area contributed by atoms with Gasteiger partial charge in [0.1, 0.15) is 0 Å². The summed E-state index contributed by atoms with van der Waals surface area (Å²) in [6, 6.07) is 139. The van der Waals surface area contributed by atoms with E-state index in [-0.39, 0.29) is 14.9 Å². The minimum atomic E-state index is -3.05. The number of ether oxygens (including phenoxy) is 1. The Balaban J connectivity index is 0.000000119. The number of fused-ring (bicyclic) bond motifs is 18. The van der Waals surface area contributed by atoms with E-state index in [1.165, 1.54) is 109 Å². The first-order valence-electron chi connectivity index (χ1n) is 39.2. The molecule has 0 amide bonds. The molecule has 21 aromatic rings. The summed E-state index contributed by atoms with van der Waals surface area (Å²) in [5, 5.41) is 54.0. The van der Waals surface area contributed by atoms with Crippen LogP contribution in [0.1, 0.15) is 27.7 Å². The van der Waals surface area contributed by atoms with Crippen LogP contribution in [0, 0.1) is 0 Å². The predicted molar refractivity (Wildman–Crippen MR) is 519 cm³/mol. The second kappa shape index (κ2) is 35.1. The van der Waals surface area contributed by atoms with Crippen LogP contribution >= 0.6 is 46.1 Å². The fourth-order valence-electron chi connectivity index (χ4n) is 16.9. The molecule has 118 heavy (non-hydrogen) atoms. The van der Waals surface area contributed by atoms with E-state index in [0.717, 1.165) is 98.2 Å². The number of benzene rings is 21. The van der Waals surface area contributed by atoms with E-state index in [4.69, 9.17) is 4.74 Å². The third kappa shape index (κ3) is 15.3. The van der Waals surface area contributed by atoms with Crippen LogP contribution in [0.2, 0.25) is 0 Å². The van der Waals surface area contributed by atoms with Crippen LogP contribution in [-0.4, -0.2) is 30.4 Å². The van der Waals surface area contributed by atoms with E-state index in [0.29, 0.717) is 5.46 Å². The zero-order chi connectivity index (χ0) is 78.7. The van der Waals surface area contributed by atoms with Crippen LogP contribution < -0.4 is 37.3 Å². The van der Waals surface area contributed by atoms with Gasteiger partial charge < -0.3 is 23.9 Å². The molecule has 1 aliphatic rings. The quantitative estimate of drug-likeness (QED) is 0.0685. The van der Waals surface area contributed by atoms with Gasteiger partial charge in [0.05, 0.1) is 0 Å². The van der Waals surface area contributed by atoms with Gasteiger partial charge in [0.25, 0.3) is 0 Å². The highest BCUT2D eigenvalue weighted by Gasteiger charge is 2.31. The van der Waals surface area contributed by atoms with Gasteiger partial charge in [-0.25, -0.2) is 0 Å². The molecule has 574 valence electrons. The fraction of sp³-hybridized carbons (Fsp3) is 0.0556. The monoisotopic (exact) mass is 1690 g/mol. The molecular weight excluding hydrogens is 1610 g/mol. The van der Waals surface area contributed by atoms with E-state index in [1.807, 2.05) is 194 Å². The first kappa shape index (κ1) is 79.9. The number of hydrogen-bond donors (Lipinski definition) is 2. The van der Waals surface area contributed by atoms with Crippen molar-refractivity contribution in [1.29, 1.82) is 0 Å². The van der Waals surface area contributed by atoms with Crippen molar-refractivity contribution in [1.82, 2.24) is 0 Å². The summed E-state index contributed by atoms with van der Waals surface area (Å²) in [4.78, 5) is 0. The fourth-order valence-corrected chi connectivity index (χ4v) is 23.1. The average Bonchev–Trinajstić information content (AvgIpc) is 0.795. The number of hydrogen-bond acceptors (Lipinski definition) is 5. The molecule has 0 radical (unpaired) electrons. The molecule has 22 rings (SSSR count). The van der Waals surface area contributed by atoms with Crippen molar-refractivity contribution in [2.75, 3.05) is 13.2 Å². The van der Waals surface area contributed by atoms with Gasteiger partial charge in [-0.15, -0.1) is 0 Å². The van der Waals surface area contributed by atoms with Crippen molar-refractivity contribution in [3.63, 3.8) is 0 Å². The normalized spacial score (nSPS) is 12.0. The Kier molecular flexibility index (Phi) is 23.8. The maximum atomic E-state index is 15.0. The lowest BCUT2D eigenvalue weighted by Crippen LogP contribution is -2.31. The topological polar surface area (TPSA) is 83.8 Å². The smallest absolute Gasteiger partial charge is 0.423 e. The highest BCUT2D eigenvalue weighted by molar-refractivity contribution is 9.11. The van der Waals surface area contributed by atoms with E-state index in [1.54, 1.807) is 0 Å². The standard InChI is InChI=1S/C40H27OP.C22H15BO2.C22H13Br.C18H14BrOP.C4H8O.2CH4/c41-42(31-13-3-1-4-14-31,32-15-5-2-6-16-32)33-23-19-30(20-24-33)40-36-25-21-28-11-7-9-17-34(28)38(36)27-39-35-18-10-8-12-29(35)22-26-37(39)40;24-23(25)22-18-11-9-14-5-1-3-7-16(14)20(18)13-21-17-8-4-2-6-15(17)10-12-19(21)22;23-22-18-11-9-14-5-1-3-7-16(14)20(18)13-21-17-8-4-2-6-15(17)10-12-19(21)22;19-15-11-13-18(14-12-15)21(20,16-7-3-1-4-8-16)17-9-5-2-6-10-17;1-2-4-5-3-1;;/h1-27H;1-13,24-25H;1-13H;1-14H;1-4H2;2*1H4. The Hall–Kier alpha value is -11.9. The molecule has 0 unspecified atom stereocenters. The molecule has 0 bridgehead atoms. The number of halogens is 2. The minimum Gasteiger partial charge on any atom is -0.423 e. The summed E-state index contributed by atoms with van der Waals surface area (Å²) in [6.45, 7) is 2.00. The zero-order valence-electron chi connectivity index (χ0n) is 63.4. The van der Waals surface area contributed by atoms with Crippen LogP contribution in [0.4, 0.5) is 0 Å². The molecule has 2 N–H and O–H groups in total. The summed E-state index contributed by atoms with van der Waals surface area (Å²) in [7, 11) is -7.39. The maximum absolute atomic E-state index is 15.0. The zero-order valence-corrected chi connectivity index (χ0v) is 68.3. The molecule has 0 saturated carbocycles. The Morgan fingerprint density at radius 1 is 0.246 bits per heavy atom. The van der Waals surface area contributed by atoms with Gasteiger partial charge in [-0.1, -0.05) is 395 Å². The molecular formula is C108H85BBr2O5P2. The maximum Gasteiger partial charge on any atom is 0.489 e. The van der Waals surface area contributed by atoms with Crippen LogP contribution in [0.15, 0.2) is 415 Å². The lowest BCUT2D eigenvalue weighted by atomic mass is 9.73. The van der Waals surface area contributed by atoms with Gasteiger partial charge in [-0.3, -0.25) is 0 Å². The highest BCUT2D eigenvalue weighted by Crippen LogP contribution is 2.47. The summed E-state index contributed by atoms with van der Waals surface area (Å²) in [6.07, 6.45) is 2.56. The predicted octanol–water partition coefficient (Wildman–Crippen LogP) is 26.8. The van der Waals surface area contributed by atoms with Crippen LogP contribution in [-0.2, 0) is 13.9 Å². The third-order valence-electron chi connectivity index (χ3n) is 22.6. The Labute approximate surface area is 705 Å². The third-order valence-corrected chi connectivity index (χ3v) is 30.1. The van der Waals surface area contributed by atoms with Crippen molar-refractivity contribution < 1.29 is 23.9 Å². The molecule has 1 fully saturated rings.